The van der Waals surface area contributed by atoms with Gasteiger partial charge in [0.15, 0.2) is 5.69 Å². The summed E-state index contributed by atoms with van der Waals surface area (Å²) in [7, 11) is 1.31. The molecule has 0 radical (unpaired) electrons. The number of esters is 1. The Bertz CT molecular complexity index is 582. The first-order valence-corrected chi connectivity index (χ1v) is 6.01. The first-order chi connectivity index (χ1) is 9.11. The predicted octanol–water partition coefficient (Wildman–Crippen LogP) is 3.04. The van der Waals surface area contributed by atoms with Crippen LogP contribution in [0.2, 0.25) is 5.15 Å². The highest BCUT2D eigenvalue weighted by Gasteiger charge is 2.15. The molecule has 0 saturated heterocycles. The molecule has 0 spiro atoms. The minimum Gasteiger partial charge on any atom is -0.467 e. The van der Waals surface area contributed by atoms with E-state index >= 15 is 0 Å². The van der Waals surface area contributed by atoms with E-state index in [-0.39, 0.29) is 10.8 Å². The Balaban J connectivity index is 2.24. The van der Waals surface area contributed by atoms with Crippen LogP contribution in [0.3, 0.4) is 0 Å². The van der Waals surface area contributed by atoms with E-state index in [9.17, 15) is 4.79 Å². The van der Waals surface area contributed by atoms with E-state index in [0.717, 1.165) is 11.4 Å². The molecule has 0 aliphatic carbocycles. The Morgan fingerprint density at radius 3 is 3.00 bits per heavy atom. The predicted molar refractivity (Wildman–Crippen MR) is 71.4 cm³/mol. The molecule has 100 valence electrons. The molecular formula is C13H13ClN2O3. The van der Waals surface area contributed by atoms with Crippen LogP contribution >= 0.6 is 11.6 Å². The molecule has 0 aliphatic rings. The summed E-state index contributed by atoms with van der Waals surface area (Å²) in [4.78, 5) is 15.6. The van der Waals surface area contributed by atoms with E-state index in [1.54, 1.807) is 19.3 Å². The number of nitrogens with one attached hydrogen (secondary N) is 1. The van der Waals surface area contributed by atoms with Gasteiger partial charge in [0.1, 0.15) is 10.9 Å². The van der Waals surface area contributed by atoms with Gasteiger partial charge in [-0.2, -0.15) is 0 Å². The summed E-state index contributed by atoms with van der Waals surface area (Å²) >= 11 is 5.90. The third-order valence-electron chi connectivity index (χ3n) is 2.65. The third kappa shape index (κ3) is 3.06. The summed E-state index contributed by atoms with van der Waals surface area (Å²) in [5, 5.41) is 3.38. The lowest BCUT2D eigenvalue weighted by atomic mass is 10.1. The lowest BCUT2D eigenvalue weighted by Gasteiger charge is -2.11. The van der Waals surface area contributed by atoms with Crippen LogP contribution in [0.4, 0.5) is 5.69 Å². The van der Waals surface area contributed by atoms with Gasteiger partial charge in [-0.1, -0.05) is 11.6 Å². The summed E-state index contributed by atoms with van der Waals surface area (Å²) < 4.78 is 9.89. The number of halogens is 1. The number of hydrogen-bond acceptors (Lipinski definition) is 5. The van der Waals surface area contributed by atoms with Crippen molar-refractivity contribution in [3.63, 3.8) is 0 Å². The molecule has 0 aromatic carbocycles. The molecule has 2 rings (SSSR count). The van der Waals surface area contributed by atoms with Crippen LogP contribution in [0.25, 0.3) is 0 Å². The van der Waals surface area contributed by atoms with Crippen molar-refractivity contribution in [2.75, 3.05) is 12.4 Å². The lowest BCUT2D eigenvalue weighted by Crippen LogP contribution is -2.10. The molecule has 0 saturated carbocycles. The zero-order valence-electron chi connectivity index (χ0n) is 10.6. The highest BCUT2D eigenvalue weighted by molar-refractivity contribution is 6.29. The number of ether oxygens (including phenoxy) is 1. The third-order valence-corrected chi connectivity index (χ3v) is 2.85. The van der Waals surface area contributed by atoms with Crippen molar-refractivity contribution < 1.29 is 13.9 Å². The molecule has 2 aromatic rings. The van der Waals surface area contributed by atoms with Crippen molar-refractivity contribution in [1.82, 2.24) is 4.98 Å². The van der Waals surface area contributed by atoms with Gasteiger partial charge in [0, 0.05) is 11.3 Å². The first-order valence-electron chi connectivity index (χ1n) is 5.63. The fourth-order valence-electron chi connectivity index (χ4n) is 1.65. The fraction of sp³-hybridized carbons (Fsp3) is 0.231. The van der Waals surface area contributed by atoms with Crippen molar-refractivity contribution >= 4 is 23.3 Å². The van der Waals surface area contributed by atoms with Gasteiger partial charge in [0.05, 0.1) is 19.9 Å². The van der Waals surface area contributed by atoms with E-state index in [1.807, 2.05) is 12.1 Å². The van der Waals surface area contributed by atoms with Gasteiger partial charge in [-0.3, -0.25) is 0 Å². The van der Waals surface area contributed by atoms with Crippen LogP contribution in [-0.2, 0) is 11.3 Å². The summed E-state index contributed by atoms with van der Waals surface area (Å²) in [5.74, 6) is 0.271. The number of hydrogen-bond donors (Lipinski definition) is 1. The van der Waals surface area contributed by atoms with E-state index in [2.05, 4.69) is 15.0 Å². The monoisotopic (exact) mass is 280 g/mol. The molecule has 1 N–H and O–H groups in total. The summed E-state index contributed by atoms with van der Waals surface area (Å²) in [6, 6.07) is 5.32. The minimum atomic E-state index is -0.513. The van der Waals surface area contributed by atoms with Crippen molar-refractivity contribution in [3.8, 4) is 0 Å². The van der Waals surface area contributed by atoms with E-state index in [0.29, 0.717) is 12.1 Å². The number of methoxy groups -OCH3 is 1. The number of carbonyl (C=O) groups is 1. The average molecular weight is 281 g/mol. The molecule has 0 unspecified atom stereocenters. The van der Waals surface area contributed by atoms with Crippen LogP contribution in [0.1, 0.15) is 21.8 Å². The van der Waals surface area contributed by atoms with Gasteiger partial charge in [-0.05, 0) is 25.1 Å². The Labute approximate surface area is 115 Å². The van der Waals surface area contributed by atoms with Gasteiger partial charge < -0.3 is 14.5 Å². The summed E-state index contributed by atoms with van der Waals surface area (Å²) in [6.45, 7) is 2.27. The molecule has 0 bridgehead atoms. The van der Waals surface area contributed by atoms with Gasteiger partial charge >= 0.3 is 5.97 Å². The highest BCUT2D eigenvalue weighted by Crippen LogP contribution is 2.23. The SMILES string of the molecule is COC(=O)c1nc(Cl)cc(NCc2ccco2)c1C. The first kappa shape index (κ1) is 13.4. The van der Waals surface area contributed by atoms with Crippen molar-refractivity contribution in [3.05, 3.63) is 46.6 Å². The molecule has 5 nitrogen and oxygen atoms in total. The van der Waals surface area contributed by atoms with Crippen LogP contribution in [0.5, 0.6) is 0 Å². The second kappa shape index (κ2) is 5.75. The topological polar surface area (TPSA) is 64.4 Å². The van der Waals surface area contributed by atoms with Crippen LogP contribution in [0.15, 0.2) is 28.9 Å². The quantitative estimate of drug-likeness (QED) is 0.689. The summed E-state index contributed by atoms with van der Waals surface area (Å²) in [6.07, 6.45) is 1.60. The summed E-state index contributed by atoms with van der Waals surface area (Å²) in [5.41, 5.74) is 1.61. The largest absolute Gasteiger partial charge is 0.467 e. The van der Waals surface area contributed by atoms with Crippen LogP contribution < -0.4 is 5.32 Å². The number of pyridine rings is 1. The maximum absolute atomic E-state index is 11.6. The normalized spacial score (nSPS) is 10.3. The molecular weight excluding hydrogens is 268 g/mol. The standard InChI is InChI=1S/C13H13ClN2O3/c1-8-10(15-7-9-4-3-5-19-9)6-11(14)16-12(8)13(17)18-2/h3-6H,7H2,1-2H3,(H,15,16). The molecule has 2 aromatic heterocycles. The van der Waals surface area contributed by atoms with Gasteiger partial charge in [-0.25, -0.2) is 9.78 Å². The number of furan rings is 1. The van der Waals surface area contributed by atoms with E-state index in [1.165, 1.54) is 7.11 Å². The Kier molecular flexibility index (Phi) is 4.06. The fourth-order valence-corrected chi connectivity index (χ4v) is 1.85. The minimum absolute atomic E-state index is 0.206. The maximum Gasteiger partial charge on any atom is 0.357 e. The highest BCUT2D eigenvalue weighted by atomic mass is 35.5. The second-order valence-electron chi connectivity index (χ2n) is 3.89. The van der Waals surface area contributed by atoms with E-state index in [4.69, 9.17) is 16.0 Å². The molecule has 6 heteroatoms. The van der Waals surface area contributed by atoms with Gasteiger partial charge in [0.25, 0.3) is 0 Å². The smallest absolute Gasteiger partial charge is 0.357 e. The molecule has 0 atom stereocenters. The molecule has 19 heavy (non-hydrogen) atoms. The molecule has 0 aliphatic heterocycles. The number of anilines is 1. The van der Waals surface area contributed by atoms with Crippen molar-refractivity contribution in [2.45, 2.75) is 13.5 Å². The Morgan fingerprint density at radius 1 is 1.58 bits per heavy atom. The average Bonchev–Trinajstić information content (AvgIpc) is 2.91. The molecule has 0 amide bonds. The van der Waals surface area contributed by atoms with Crippen molar-refractivity contribution in [2.24, 2.45) is 0 Å². The zero-order valence-corrected chi connectivity index (χ0v) is 11.3. The Hall–Kier alpha value is -2.01. The molecule has 2 heterocycles. The number of carbonyl (C=O) groups excluding carboxylic acids is 1. The maximum atomic E-state index is 11.6. The zero-order chi connectivity index (χ0) is 13.8. The molecule has 0 fully saturated rings. The van der Waals surface area contributed by atoms with Crippen LogP contribution in [-0.4, -0.2) is 18.1 Å². The lowest BCUT2D eigenvalue weighted by molar-refractivity contribution is 0.0593. The van der Waals surface area contributed by atoms with Crippen LogP contribution in [0, 0.1) is 6.92 Å². The van der Waals surface area contributed by atoms with Gasteiger partial charge in [0.2, 0.25) is 0 Å². The van der Waals surface area contributed by atoms with Gasteiger partial charge in [-0.15, -0.1) is 0 Å². The number of aromatic nitrogens is 1. The number of nitrogens with zero attached hydrogens (tertiary/aromatic N) is 1. The Morgan fingerprint density at radius 2 is 2.37 bits per heavy atom. The second-order valence-corrected chi connectivity index (χ2v) is 4.28. The van der Waals surface area contributed by atoms with Crippen molar-refractivity contribution in [1.29, 1.82) is 0 Å². The number of rotatable bonds is 4. The van der Waals surface area contributed by atoms with E-state index < -0.39 is 5.97 Å².